The fourth-order valence-corrected chi connectivity index (χ4v) is 2.44. The second-order valence-electron chi connectivity index (χ2n) is 3.01. The molecule has 0 spiro atoms. The quantitative estimate of drug-likeness (QED) is 0.578. The molecule has 3 atom stereocenters. The molecule has 0 heterocycles. The smallest absolute Gasteiger partial charge is 0.0558 e. The van der Waals surface area contributed by atoms with E-state index in [1.54, 1.807) is 0 Å². The third-order valence-electron chi connectivity index (χ3n) is 2.33. The van der Waals surface area contributed by atoms with Crippen LogP contribution in [0, 0.1) is 5.92 Å². The number of halogens is 1. The molecule has 0 aliphatic heterocycles. The highest BCUT2D eigenvalue weighted by molar-refractivity contribution is 14.1. The molecule has 1 fully saturated rings. The highest BCUT2D eigenvalue weighted by Gasteiger charge is 2.30. The zero-order valence-corrected chi connectivity index (χ0v) is 8.34. The van der Waals surface area contributed by atoms with Crippen molar-refractivity contribution in [2.24, 2.45) is 5.92 Å². The van der Waals surface area contributed by atoms with Gasteiger partial charge in [0.05, 0.1) is 6.10 Å². The van der Waals surface area contributed by atoms with Crippen molar-refractivity contribution in [1.29, 1.82) is 0 Å². The lowest BCUT2D eigenvalue weighted by Gasteiger charge is -2.14. The lowest BCUT2D eigenvalue weighted by Crippen LogP contribution is -2.24. The summed E-state index contributed by atoms with van der Waals surface area (Å²) in [7, 11) is 0. The highest BCUT2D eigenvalue weighted by Crippen LogP contribution is 2.28. The predicted molar refractivity (Wildman–Crippen MR) is 50.0 cm³/mol. The maximum atomic E-state index is 9.29. The topological polar surface area (TPSA) is 32.3 Å². The van der Waals surface area contributed by atoms with Crippen LogP contribution >= 0.6 is 22.9 Å². The lowest BCUT2D eigenvalue weighted by atomic mass is 10.0. The van der Waals surface area contributed by atoms with Crippen molar-refractivity contribution in [3.8, 4) is 0 Å². The van der Waals surface area contributed by atoms with Crippen LogP contribution in [0.5, 0.6) is 0 Å². The minimum absolute atomic E-state index is 0.0581. The number of hydrogen-bond donors (Lipinski definition) is 2. The van der Waals surface area contributed by atoms with Crippen molar-refractivity contribution >= 4 is 22.9 Å². The molecule has 10 heavy (non-hydrogen) atoms. The second kappa shape index (κ2) is 3.88. The summed E-state index contributed by atoms with van der Waals surface area (Å²) >= 11 is 2.18. The van der Waals surface area contributed by atoms with Crippen molar-refractivity contribution in [3.05, 3.63) is 0 Å². The maximum Gasteiger partial charge on any atom is 0.0558 e. The van der Waals surface area contributed by atoms with Gasteiger partial charge in [-0.15, -0.1) is 0 Å². The lowest BCUT2D eigenvalue weighted by molar-refractivity contribution is 0.176. The molecule has 1 aliphatic carbocycles. The Hall–Kier alpha value is 0.650. The van der Waals surface area contributed by atoms with Gasteiger partial charge in [0.25, 0.3) is 0 Å². The monoisotopic (exact) mass is 255 g/mol. The van der Waals surface area contributed by atoms with Gasteiger partial charge in [0.1, 0.15) is 0 Å². The van der Waals surface area contributed by atoms with Crippen molar-refractivity contribution in [2.75, 3.05) is 0 Å². The zero-order valence-electron chi connectivity index (χ0n) is 6.18. The van der Waals surface area contributed by atoms with Crippen LogP contribution < -0.4 is 3.53 Å². The SMILES string of the molecule is CCC1CC(O)CC1NI. The molecule has 1 saturated carbocycles. The molecule has 1 rings (SSSR count). The summed E-state index contributed by atoms with van der Waals surface area (Å²) in [4.78, 5) is 0. The number of nitrogens with one attached hydrogen (secondary N) is 1. The molecule has 0 radical (unpaired) electrons. The molecule has 60 valence electrons. The van der Waals surface area contributed by atoms with Gasteiger partial charge < -0.3 is 5.11 Å². The van der Waals surface area contributed by atoms with Crippen LogP contribution in [0.15, 0.2) is 0 Å². The summed E-state index contributed by atoms with van der Waals surface area (Å²) in [5.74, 6) is 0.687. The predicted octanol–water partition coefficient (Wildman–Crippen LogP) is 1.48. The van der Waals surface area contributed by atoms with E-state index in [0.717, 1.165) is 12.8 Å². The van der Waals surface area contributed by atoms with Crippen LogP contribution in [0.1, 0.15) is 26.2 Å². The average molecular weight is 255 g/mol. The van der Waals surface area contributed by atoms with E-state index in [1.807, 2.05) is 0 Å². The van der Waals surface area contributed by atoms with E-state index < -0.39 is 0 Å². The van der Waals surface area contributed by atoms with E-state index in [-0.39, 0.29) is 6.10 Å². The molecule has 0 amide bonds. The Morgan fingerprint density at radius 3 is 2.70 bits per heavy atom. The standard InChI is InChI=1S/C7H14INO/c1-2-5-3-6(10)4-7(5)9-8/h5-7,9-10H,2-4H2,1H3. The Kier molecular flexibility index (Phi) is 3.39. The number of aliphatic hydroxyl groups excluding tert-OH is 1. The van der Waals surface area contributed by atoms with Gasteiger partial charge in [0.2, 0.25) is 0 Å². The molecule has 0 aromatic heterocycles. The highest BCUT2D eigenvalue weighted by atomic mass is 127. The van der Waals surface area contributed by atoms with E-state index in [1.165, 1.54) is 6.42 Å². The van der Waals surface area contributed by atoms with Crippen LogP contribution in [0.2, 0.25) is 0 Å². The van der Waals surface area contributed by atoms with Crippen LogP contribution in [0.3, 0.4) is 0 Å². The van der Waals surface area contributed by atoms with Gasteiger partial charge in [-0.1, -0.05) is 13.3 Å². The largest absolute Gasteiger partial charge is 0.393 e. The summed E-state index contributed by atoms with van der Waals surface area (Å²) in [6.07, 6.45) is 3.04. The van der Waals surface area contributed by atoms with E-state index in [2.05, 4.69) is 33.3 Å². The van der Waals surface area contributed by atoms with E-state index in [9.17, 15) is 5.11 Å². The Bertz CT molecular complexity index is 97.8. The summed E-state index contributed by atoms with van der Waals surface area (Å²) in [6.45, 7) is 2.18. The summed E-state index contributed by atoms with van der Waals surface area (Å²) in [6, 6.07) is 0.542. The van der Waals surface area contributed by atoms with Gasteiger partial charge in [-0.25, -0.2) is 0 Å². The minimum Gasteiger partial charge on any atom is -0.393 e. The normalized spacial score (nSPS) is 40.5. The van der Waals surface area contributed by atoms with Crippen molar-refractivity contribution in [3.63, 3.8) is 0 Å². The molecule has 0 aromatic rings. The minimum atomic E-state index is -0.0581. The van der Waals surface area contributed by atoms with Gasteiger partial charge >= 0.3 is 0 Å². The molecule has 0 aromatic carbocycles. The number of aliphatic hydroxyl groups is 1. The Morgan fingerprint density at radius 2 is 2.30 bits per heavy atom. The first-order chi connectivity index (χ1) is 4.77. The van der Waals surface area contributed by atoms with Crippen LogP contribution in [0.4, 0.5) is 0 Å². The summed E-state index contributed by atoms with van der Waals surface area (Å²) in [5, 5.41) is 9.29. The Morgan fingerprint density at radius 1 is 1.60 bits per heavy atom. The second-order valence-corrected chi connectivity index (χ2v) is 3.63. The van der Waals surface area contributed by atoms with Crippen molar-refractivity contribution in [1.82, 2.24) is 3.53 Å². The fourth-order valence-electron chi connectivity index (χ4n) is 1.68. The van der Waals surface area contributed by atoms with Gasteiger partial charge in [-0.05, 0) is 18.8 Å². The first kappa shape index (κ1) is 8.74. The van der Waals surface area contributed by atoms with E-state index in [0.29, 0.717) is 12.0 Å². The molecule has 0 bridgehead atoms. The van der Waals surface area contributed by atoms with Crippen molar-refractivity contribution < 1.29 is 5.11 Å². The molecule has 2 N–H and O–H groups in total. The molecule has 0 saturated heterocycles. The van der Waals surface area contributed by atoms with Gasteiger partial charge in [-0.3, -0.25) is 3.53 Å². The number of rotatable bonds is 2. The molecular weight excluding hydrogens is 241 g/mol. The third-order valence-corrected chi connectivity index (χ3v) is 3.13. The number of hydrogen-bond acceptors (Lipinski definition) is 2. The molecular formula is C7H14INO. The van der Waals surface area contributed by atoms with Crippen LogP contribution in [0.25, 0.3) is 0 Å². The van der Waals surface area contributed by atoms with Crippen LogP contribution in [-0.4, -0.2) is 17.3 Å². The molecule has 3 unspecified atom stereocenters. The van der Waals surface area contributed by atoms with Gasteiger partial charge in [0.15, 0.2) is 0 Å². The summed E-state index contributed by atoms with van der Waals surface area (Å²) < 4.78 is 3.21. The average Bonchev–Trinajstić information content (AvgIpc) is 2.30. The van der Waals surface area contributed by atoms with Gasteiger partial charge in [0, 0.05) is 28.9 Å². The van der Waals surface area contributed by atoms with E-state index >= 15 is 0 Å². The molecule has 3 heteroatoms. The summed E-state index contributed by atoms with van der Waals surface area (Å²) in [5.41, 5.74) is 0. The van der Waals surface area contributed by atoms with Crippen molar-refractivity contribution in [2.45, 2.75) is 38.3 Å². The molecule has 1 aliphatic rings. The van der Waals surface area contributed by atoms with Gasteiger partial charge in [-0.2, -0.15) is 0 Å². The Balaban J connectivity index is 2.41. The molecule has 2 nitrogen and oxygen atoms in total. The van der Waals surface area contributed by atoms with Crippen LogP contribution in [-0.2, 0) is 0 Å². The Labute approximate surface area is 75.9 Å². The third kappa shape index (κ3) is 1.83. The first-order valence-electron chi connectivity index (χ1n) is 3.82. The maximum absolute atomic E-state index is 9.29. The zero-order chi connectivity index (χ0) is 7.56. The fraction of sp³-hybridized carbons (Fsp3) is 1.00. The van der Waals surface area contributed by atoms with E-state index in [4.69, 9.17) is 0 Å². The first-order valence-corrected chi connectivity index (χ1v) is 4.90.